The van der Waals surface area contributed by atoms with Crippen LogP contribution in [0.5, 0.6) is 5.75 Å². The fourth-order valence-corrected chi connectivity index (χ4v) is 1.89. The van der Waals surface area contributed by atoms with Gasteiger partial charge in [-0.15, -0.1) is 13.2 Å². The summed E-state index contributed by atoms with van der Waals surface area (Å²) in [5, 5.41) is 3.38. The van der Waals surface area contributed by atoms with E-state index in [1.807, 2.05) is 19.1 Å². The normalized spacial score (nSPS) is 13.2. The Balaban J connectivity index is 2.50. The average Bonchev–Trinajstić information content (AvgIpc) is 2.41. The van der Waals surface area contributed by atoms with Gasteiger partial charge in [0, 0.05) is 6.04 Å². The lowest BCUT2D eigenvalue weighted by Gasteiger charge is -2.16. The second-order valence-corrected chi connectivity index (χ2v) is 4.84. The third kappa shape index (κ3) is 6.82. The number of aryl methyl sites for hydroxylation is 1. The molecule has 6 heteroatoms. The molecule has 0 spiro atoms. The highest BCUT2D eigenvalue weighted by Gasteiger charge is 2.28. The second kappa shape index (κ2) is 8.24. The molecular weight excluding hydrogens is 283 g/mol. The summed E-state index contributed by atoms with van der Waals surface area (Å²) in [6.07, 6.45) is -3.55. The highest BCUT2D eigenvalue weighted by Crippen LogP contribution is 2.23. The third-order valence-electron chi connectivity index (χ3n) is 3.01. The van der Waals surface area contributed by atoms with Gasteiger partial charge in [0.15, 0.2) is 0 Å². The predicted octanol–water partition coefficient (Wildman–Crippen LogP) is 3.97. The van der Waals surface area contributed by atoms with Crippen LogP contribution >= 0.6 is 0 Å². The SMILES string of the molecule is CCCNC(C)c1ccc(OCCOC(F)(F)F)c(C)c1. The first-order valence-electron chi connectivity index (χ1n) is 7.01. The maximum absolute atomic E-state index is 11.8. The molecule has 120 valence electrons. The van der Waals surface area contributed by atoms with Crippen LogP contribution in [-0.2, 0) is 4.74 Å². The van der Waals surface area contributed by atoms with E-state index in [1.165, 1.54) is 0 Å². The van der Waals surface area contributed by atoms with Crippen LogP contribution in [-0.4, -0.2) is 26.1 Å². The third-order valence-corrected chi connectivity index (χ3v) is 3.01. The fraction of sp³-hybridized carbons (Fsp3) is 0.600. The Bertz CT molecular complexity index is 435. The highest BCUT2D eigenvalue weighted by molar-refractivity contribution is 5.37. The van der Waals surface area contributed by atoms with Gasteiger partial charge in [-0.1, -0.05) is 19.1 Å². The zero-order valence-corrected chi connectivity index (χ0v) is 12.6. The van der Waals surface area contributed by atoms with E-state index in [1.54, 1.807) is 6.07 Å². The minimum atomic E-state index is -4.61. The zero-order valence-electron chi connectivity index (χ0n) is 12.6. The number of alkyl halides is 3. The number of benzene rings is 1. The first kappa shape index (κ1) is 17.8. The van der Waals surface area contributed by atoms with E-state index < -0.39 is 13.0 Å². The standard InChI is InChI=1S/C15H22F3NO2/c1-4-7-19-12(3)13-5-6-14(11(2)10-13)20-8-9-21-15(16,17)18/h5-6,10,12,19H,4,7-9H2,1-3H3. The van der Waals surface area contributed by atoms with Gasteiger partial charge in [0.25, 0.3) is 0 Å². The van der Waals surface area contributed by atoms with Crippen LogP contribution in [0.4, 0.5) is 13.2 Å². The molecule has 0 saturated carbocycles. The van der Waals surface area contributed by atoms with E-state index in [9.17, 15) is 13.2 Å². The Hall–Kier alpha value is -1.27. The summed E-state index contributed by atoms with van der Waals surface area (Å²) < 4.78 is 44.4. The molecule has 1 N–H and O–H groups in total. The quantitative estimate of drug-likeness (QED) is 0.737. The highest BCUT2D eigenvalue weighted by atomic mass is 19.4. The van der Waals surface area contributed by atoms with E-state index >= 15 is 0 Å². The molecule has 21 heavy (non-hydrogen) atoms. The zero-order chi connectivity index (χ0) is 15.9. The Morgan fingerprint density at radius 3 is 2.52 bits per heavy atom. The van der Waals surface area contributed by atoms with Crippen molar-refractivity contribution in [2.24, 2.45) is 0 Å². The van der Waals surface area contributed by atoms with Crippen molar-refractivity contribution in [3.8, 4) is 5.75 Å². The van der Waals surface area contributed by atoms with Crippen LogP contribution in [0.1, 0.15) is 37.4 Å². The molecule has 1 aromatic carbocycles. The minimum absolute atomic E-state index is 0.136. The van der Waals surface area contributed by atoms with Gasteiger partial charge in [-0.25, -0.2) is 0 Å². The summed E-state index contributed by atoms with van der Waals surface area (Å²) in [4.78, 5) is 0. The molecule has 0 aliphatic heterocycles. The minimum Gasteiger partial charge on any atom is -0.491 e. The van der Waals surface area contributed by atoms with Crippen molar-refractivity contribution in [2.45, 2.75) is 39.6 Å². The van der Waals surface area contributed by atoms with Crippen molar-refractivity contribution >= 4 is 0 Å². The van der Waals surface area contributed by atoms with Crippen LogP contribution in [0.2, 0.25) is 0 Å². The monoisotopic (exact) mass is 305 g/mol. The van der Waals surface area contributed by atoms with Crippen LogP contribution in [0.25, 0.3) is 0 Å². The Labute approximate surface area is 123 Å². The largest absolute Gasteiger partial charge is 0.522 e. The van der Waals surface area contributed by atoms with Crippen LogP contribution in [0, 0.1) is 6.92 Å². The number of halogens is 3. The number of hydrogen-bond acceptors (Lipinski definition) is 3. The topological polar surface area (TPSA) is 30.5 Å². The maximum atomic E-state index is 11.8. The summed E-state index contributed by atoms with van der Waals surface area (Å²) in [7, 11) is 0. The van der Waals surface area contributed by atoms with Crippen LogP contribution < -0.4 is 10.1 Å². The van der Waals surface area contributed by atoms with Gasteiger partial charge in [-0.2, -0.15) is 0 Å². The fourth-order valence-electron chi connectivity index (χ4n) is 1.89. The lowest BCUT2D eigenvalue weighted by molar-refractivity contribution is -0.325. The van der Waals surface area contributed by atoms with E-state index in [4.69, 9.17) is 4.74 Å². The van der Waals surface area contributed by atoms with Gasteiger partial charge in [-0.05, 0) is 44.0 Å². The number of nitrogens with one attached hydrogen (secondary N) is 1. The summed E-state index contributed by atoms with van der Waals surface area (Å²) >= 11 is 0. The van der Waals surface area contributed by atoms with Gasteiger partial charge >= 0.3 is 6.36 Å². The van der Waals surface area contributed by atoms with Crippen molar-refractivity contribution in [3.63, 3.8) is 0 Å². The molecule has 0 aliphatic rings. The number of hydrogen-bond donors (Lipinski definition) is 1. The summed E-state index contributed by atoms with van der Waals surface area (Å²) in [6.45, 7) is 6.33. The van der Waals surface area contributed by atoms with E-state index in [2.05, 4.69) is 23.9 Å². The van der Waals surface area contributed by atoms with Gasteiger partial charge in [0.1, 0.15) is 12.4 Å². The molecule has 0 heterocycles. The smallest absolute Gasteiger partial charge is 0.491 e. The van der Waals surface area contributed by atoms with E-state index in [0.29, 0.717) is 5.75 Å². The summed E-state index contributed by atoms with van der Waals surface area (Å²) in [5.41, 5.74) is 2.02. The molecule has 0 radical (unpaired) electrons. The lowest BCUT2D eigenvalue weighted by Crippen LogP contribution is -2.19. The van der Waals surface area contributed by atoms with Gasteiger partial charge < -0.3 is 10.1 Å². The van der Waals surface area contributed by atoms with E-state index in [0.717, 1.165) is 24.1 Å². The van der Waals surface area contributed by atoms with Crippen LogP contribution in [0.3, 0.4) is 0 Å². The molecule has 1 unspecified atom stereocenters. The Kier molecular flexibility index (Phi) is 6.98. The summed E-state index contributed by atoms with van der Waals surface area (Å²) in [6, 6.07) is 5.90. The van der Waals surface area contributed by atoms with Crippen LogP contribution in [0.15, 0.2) is 18.2 Å². The van der Waals surface area contributed by atoms with Crippen molar-refractivity contribution in [1.82, 2.24) is 5.32 Å². The molecule has 1 atom stereocenters. The maximum Gasteiger partial charge on any atom is 0.522 e. The molecule has 3 nitrogen and oxygen atoms in total. The molecule has 1 aromatic rings. The van der Waals surface area contributed by atoms with Gasteiger partial charge in [0.05, 0.1) is 6.61 Å². The second-order valence-electron chi connectivity index (χ2n) is 4.84. The van der Waals surface area contributed by atoms with Crippen molar-refractivity contribution in [2.75, 3.05) is 19.8 Å². The van der Waals surface area contributed by atoms with Gasteiger partial charge in [0.2, 0.25) is 0 Å². The molecule has 0 bridgehead atoms. The molecule has 0 aromatic heterocycles. The molecule has 1 rings (SSSR count). The molecular formula is C15H22F3NO2. The Morgan fingerprint density at radius 1 is 1.24 bits per heavy atom. The van der Waals surface area contributed by atoms with Crippen molar-refractivity contribution in [3.05, 3.63) is 29.3 Å². The van der Waals surface area contributed by atoms with E-state index in [-0.39, 0.29) is 12.6 Å². The molecule has 0 fully saturated rings. The first-order chi connectivity index (χ1) is 9.83. The van der Waals surface area contributed by atoms with Crippen molar-refractivity contribution < 1.29 is 22.6 Å². The molecule has 0 amide bonds. The Morgan fingerprint density at radius 2 is 1.95 bits per heavy atom. The average molecular weight is 305 g/mol. The molecule has 0 aliphatic carbocycles. The predicted molar refractivity (Wildman–Crippen MR) is 75.4 cm³/mol. The lowest BCUT2D eigenvalue weighted by atomic mass is 10.0. The number of ether oxygens (including phenoxy) is 2. The molecule has 0 saturated heterocycles. The summed E-state index contributed by atoms with van der Waals surface area (Å²) in [5.74, 6) is 0.576. The van der Waals surface area contributed by atoms with Gasteiger partial charge in [-0.3, -0.25) is 4.74 Å². The number of rotatable bonds is 8. The van der Waals surface area contributed by atoms with Crippen molar-refractivity contribution in [1.29, 1.82) is 0 Å². The first-order valence-corrected chi connectivity index (χ1v) is 7.01.